The Morgan fingerprint density at radius 1 is 1.13 bits per heavy atom. The van der Waals surface area contributed by atoms with Crippen molar-refractivity contribution in [3.63, 3.8) is 0 Å². The van der Waals surface area contributed by atoms with Crippen molar-refractivity contribution in [2.45, 2.75) is 6.54 Å². The number of aliphatic carboxylic acids is 1. The number of halogens is 1. The van der Waals surface area contributed by atoms with E-state index < -0.39 is 24.5 Å². The standard InChI is InChI=1S/C20H20IN3O6/c1-29-16-8-17(30-2)14(7-13(16)21)22-18(25)10-24-15-6-4-3-5-12(15)9-23(20(24)28)11-19(26)27/h3-8H,9-11H2,1-2H3,(H,22,25)(H,26,27). The van der Waals surface area contributed by atoms with Crippen LogP contribution in [0.5, 0.6) is 11.5 Å². The molecule has 2 aromatic carbocycles. The molecule has 0 aromatic heterocycles. The number of anilines is 2. The molecule has 0 unspecified atom stereocenters. The summed E-state index contributed by atoms with van der Waals surface area (Å²) in [6.45, 7) is -0.558. The van der Waals surface area contributed by atoms with Crippen LogP contribution < -0.4 is 19.7 Å². The quantitative estimate of drug-likeness (QED) is 0.539. The van der Waals surface area contributed by atoms with Crippen molar-refractivity contribution >= 4 is 51.9 Å². The van der Waals surface area contributed by atoms with E-state index in [0.717, 1.165) is 9.13 Å². The van der Waals surface area contributed by atoms with Crippen molar-refractivity contribution in [3.05, 3.63) is 45.5 Å². The van der Waals surface area contributed by atoms with Gasteiger partial charge in [0.05, 0.1) is 35.7 Å². The van der Waals surface area contributed by atoms with E-state index in [2.05, 4.69) is 27.9 Å². The number of para-hydroxylation sites is 1. The maximum absolute atomic E-state index is 12.8. The second-order valence-corrected chi connectivity index (χ2v) is 7.64. The molecule has 0 fully saturated rings. The molecule has 0 bridgehead atoms. The summed E-state index contributed by atoms with van der Waals surface area (Å²) in [6.07, 6.45) is 0. The lowest BCUT2D eigenvalue weighted by molar-refractivity contribution is -0.137. The minimum atomic E-state index is -1.12. The van der Waals surface area contributed by atoms with Gasteiger partial charge in [-0.05, 0) is 40.3 Å². The van der Waals surface area contributed by atoms with Crippen LogP contribution in [-0.2, 0) is 16.1 Å². The van der Waals surface area contributed by atoms with Crippen LogP contribution in [-0.4, -0.2) is 55.2 Å². The minimum absolute atomic E-state index is 0.171. The maximum Gasteiger partial charge on any atom is 0.325 e. The molecule has 2 N–H and O–H groups in total. The van der Waals surface area contributed by atoms with Crippen molar-refractivity contribution in [2.24, 2.45) is 0 Å². The molecule has 0 spiro atoms. The highest BCUT2D eigenvalue weighted by molar-refractivity contribution is 14.1. The van der Waals surface area contributed by atoms with Gasteiger partial charge in [0.1, 0.15) is 24.6 Å². The summed E-state index contributed by atoms with van der Waals surface area (Å²) in [5, 5.41) is 11.9. The predicted molar refractivity (Wildman–Crippen MR) is 118 cm³/mol. The van der Waals surface area contributed by atoms with E-state index in [9.17, 15) is 14.4 Å². The van der Waals surface area contributed by atoms with Crippen LogP contribution in [0.25, 0.3) is 0 Å². The Morgan fingerprint density at radius 3 is 2.50 bits per heavy atom. The SMILES string of the molecule is COc1cc(OC)c(NC(=O)CN2C(=O)N(CC(=O)O)Cc3ccccc32)cc1I. The molecule has 9 nitrogen and oxygen atoms in total. The number of nitrogens with one attached hydrogen (secondary N) is 1. The van der Waals surface area contributed by atoms with Gasteiger partial charge in [0.2, 0.25) is 5.91 Å². The van der Waals surface area contributed by atoms with E-state index in [1.165, 1.54) is 24.0 Å². The van der Waals surface area contributed by atoms with Crippen LogP contribution in [0.1, 0.15) is 5.56 Å². The molecule has 0 saturated carbocycles. The van der Waals surface area contributed by atoms with Gasteiger partial charge < -0.3 is 24.8 Å². The minimum Gasteiger partial charge on any atom is -0.496 e. The first-order chi connectivity index (χ1) is 14.3. The molecule has 3 rings (SSSR count). The Balaban J connectivity index is 1.84. The van der Waals surface area contributed by atoms with Crippen molar-refractivity contribution in [1.82, 2.24) is 4.90 Å². The number of carboxylic acids is 1. The fourth-order valence-electron chi connectivity index (χ4n) is 3.19. The molecule has 1 heterocycles. The summed E-state index contributed by atoms with van der Waals surface area (Å²) in [5.41, 5.74) is 1.78. The Bertz CT molecular complexity index is 997. The number of hydrogen-bond donors (Lipinski definition) is 2. The van der Waals surface area contributed by atoms with Gasteiger partial charge >= 0.3 is 12.0 Å². The van der Waals surface area contributed by atoms with Gasteiger partial charge in [-0.1, -0.05) is 18.2 Å². The van der Waals surface area contributed by atoms with Crippen molar-refractivity contribution in [2.75, 3.05) is 37.5 Å². The lowest BCUT2D eigenvalue weighted by Crippen LogP contribution is -2.51. The van der Waals surface area contributed by atoms with Crippen LogP contribution in [0.4, 0.5) is 16.2 Å². The van der Waals surface area contributed by atoms with Crippen LogP contribution in [0.15, 0.2) is 36.4 Å². The van der Waals surface area contributed by atoms with Gasteiger partial charge in [-0.3, -0.25) is 14.5 Å². The van der Waals surface area contributed by atoms with Crippen molar-refractivity contribution in [1.29, 1.82) is 0 Å². The van der Waals surface area contributed by atoms with E-state index in [1.807, 2.05) is 0 Å². The number of fused-ring (bicyclic) bond motifs is 1. The molecule has 0 aliphatic carbocycles. The monoisotopic (exact) mass is 525 g/mol. The first-order valence-electron chi connectivity index (χ1n) is 8.91. The van der Waals surface area contributed by atoms with Crippen LogP contribution in [0.3, 0.4) is 0 Å². The fraction of sp³-hybridized carbons (Fsp3) is 0.250. The number of urea groups is 1. The first-order valence-corrected chi connectivity index (χ1v) is 9.99. The highest BCUT2D eigenvalue weighted by Gasteiger charge is 2.32. The number of methoxy groups -OCH3 is 2. The van der Waals surface area contributed by atoms with Gasteiger partial charge in [0, 0.05) is 6.07 Å². The number of ether oxygens (including phenoxy) is 2. The highest BCUT2D eigenvalue weighted by atomic mass is 127. The van der Waals surface area contributed by atoms with E-state index in [0.29, 0.717) is 22.9 Å². The Hall–Kier alpha value is -3.02. The third-order valence-corrected chi connectivity index (χ3v) is 5.36. The van der Waals surface area contributed by atoms with Gasteiger partial charge in [0.25, 0.3) is 0 Å². The number of amides is 3. The molecular weight excluding hydrogens is 505 g/mol. The van der Waals surface area contributed by atoms with E-state index in [4.69, 9.17) is 14.6 Å². The molecule has 1 aliphatic rings. The topological polar surface area (TPSA) is 108 Å². The zero-order valence-electron chi connectivity index (χ0n) is 16.3. The van der Waals surface area contributed by atoms with Crippen LogP contribution >= 0.6 is 22.6 Å². The number of carbonyl (C=O) groups is 3. The summed E-state index contributed by atoms with van der Waals surface area (Å²) >= 11 is 2.08. The number of rotatable bonds is 7. The largest absolute Gasteiger partial charge is 0.496 e. The zero-order valence-corrected chi connectivity index (χ0v) is 18.5. The van der Waals surface area contributed by atoms with Gasteiger partial charge in [-0.2, -0.15) is 0 Å². The Kier molecular flexibility index (Phi) is 6.65. The Labute approximate surface area is 186 Å². The van der Waals surface area contributed by atoms with E-state index in [-0.39, 0.29) is 13.1 Å². The second-order valence-electron chi connectivity index (χ2n) is 6.48. The first kappa shape index (κ1) is 21.7. The molecule has 0 saturated heterocycles. The molecular formula is C20H20IN3O6. The number of hydrogen-bond acceptors (Lipinski definition) is 5. The molecule has 2 aromatic rings. The summed E-state index contributed by atoms with van der Waals surface area (Å²) < 4.78 is 11.4. The predicted octanol–water partition coefficient (Wildman–Crippen LogP) is 2.77. The summed E-state index contributed by atoms with van der Waals surface area (Å²) in [5.74, 6) is -0.548. The molecule has 0 atom stereocenters. The van der Waals surface area contributed by atoms with Crippen LogP contribution in [0.2, 0.25) is 0 Å². The fourth-order valence-corrected chi connectivity index (χ4v) is 3.87. The lowest BCUT2D eigenvalue weighted by atomic mass is 10.1. The van der Waals surface area contributed by atoms with Gasteiger partial charge in [0.15, 0.2) is 0 Å². The number of benzene rings is 2. The van der Waals surface area contributed by atoms with Gasteiger partial charge in [-0.25, -0.2) is 4.79 Å². The molecule has 3 amide bonds. The highest BCUT2D eigenvalue weighted by Crippen LogP contribution is 2.34. The zero-order chi connectivity index (χ0) is 21.8. The van der Waals surface area contributed by atoms with Gasteiger partial charge in [-0.15, -0.1) is 0 Å². The average Bonchev–Trinajstić information content (AvgIpc) is 2.71. The lowest BCUT2D eigenvalue weighted by Gasteiger charge is -2.36. The number of carbonyl (C=O) groups excluding carboxylic acids is 2. The third-order valence-electron chi connectivity index (χ3n) is 4.52. The van der Waals surface area contributed by atoms with Crippen LogP contribution in [0, 0.1) is 3.57 Å². The number of carboxylic acid groups (broad SMARTS) is 1. The summed E-state index contributed by atoms with van der Waals surface area (Å²) in [7, 11) is 3.02. The summed E-state index contributed by atoms with van der Waals surface area (Å²) in [4.78, 5) is 39.2. The maximum atomic E-state index is 12.8. The van der Waals surface area contributed by atoms with E-state index in [1.54, 1.807) is 36.4 Å². The molecule has 10 heteroatoms. The van der Waals surface area contributed by atoms with Crippen molar-refractivity contribution < 1.29 is 29.0 Å². The molecule has 0 radical (unpaired) electrons. The average molecular weight is 525 g/mol. The van der Waals surface area contributed by atoms with E-state index >= 15 is 0 Å². The summed E-state index contributed by atoms with van der Waals surface area (Å²) in [6, 6.07) is 9.93. The molecule has 1 aliphatic heterocycles. The smallest absolute Gasteiger partial charge is 0.325 e. The normalized spacial score (nSPS) is 13.0. The second kappa shape index (κ2) is 9.20. The van der Waals surface area contributed by atoms with Crippen molar-refractivity contribution in [3.8, 4) is 11.5 Å². The molecule has 158 valence electrons. The number of nitrogens with zero attached hydrogens (tertiary/aromatic N) is 2. The Morgan fingerprint density at radius 2 is 1.83 bits per heavy atom. The molecule has 30 heavy (non-hydrogen) atoms. The third kappa shape index (κ3) is 4.58.